The second-order valence-electron chi connectivity index (χ2n) is 11.5. The topological polar surface area (TPSA) is 0 Å². The van der Waals surface area contributed by atoms with Crippen molar-refractivity contribution in [3.8, 4) is 0 Å². The molecule has 0 aliphatic carbocycles. The summed E-state index contributed by atoms with van der Waals surface area (Å²) in [6.07, 6.45) is 7.65. The van der Waals surface area contributed by atoms with Crippen molar-refractivity contribution in [1.82, 2.24) is 0 Å². The summed E-state index contributed by atoms with van der Waals surface area (Å²) in [5.41, 5.74) is 0. The zero-order valence-electron chi connectivity index (χ0n) is 25.0. The third-order valence-electron chi connectivity index (χ3n) is 7.74. The number of halogens is 15. The van der Waals surface area contributed by atoms with E-state index in [2.05, 4.69) is 6.92 Å². The second-order valence-corrected chi connectivity index (χ2v) is 11.5. The third kappa shape index (κ3) is 11.3. The molecule has 0 saturated heterocycles. The molecule has 0 spiro atoms. The highest BCUT2D eigenvalue weighted by molar-refractivity contribution is 5.12. The van der Waals surface area contributed by atoms with Gasteiger partial charge >= 0.3 is 41.7 Å². The van der Waals surface area contributed by atoms with E-state index in [4.69, 9.17) is 0 Å². The van der Waals surface area contributed by atoms with Crippen LogP contribution in [0.5, 0.6) is 0 Å². The molecule has 0 aliphatic heterocycles. The molecule has 0 atom stereocenters. The van der Waals surface area contributed by atoms with Gasteiger partial charge < -0.3 is 0 Å². The van der Waals surface area contributed by atoms with Crippen molar-refractivity contribution < 1.29 is 65.9 Å². The summed E-state index contributed by atoms with van der Waals surface area (Å²) < 4.78 is 198. The molecule has 0 aromatic rings. The van der Waals surface area contributed by atoms with Crippen molar-refractivity contribution in [2.45, 2.75) is 183 Å². The molecule has 0 N–H and O–H groups in total. The molecule has 0 nitrogen and oxygen atoms in total. The summed E-state index contributed by atoms with van der Waals surface area (Å²) >= 11 is 0. The molecule has 266 valence electrons. The van der Waals surface area contributed by atoms with Gasteiger partial charge in [-0.1, -0.05) is 129 Å². The molecule has 0 amide bonds. The van der Waals surface area contributed by atoms with E-state index in [1.54, 1.807) is 0 Å². The standard InChI is InChI=1S/C29H45F15/c1-2-3-4-5-6-7-8-9-10-11-12-13-14-15-16-17-18-19-20-21-22-23(30,31)24(32,33)25(34,35)26(36,37)27(38,39)28(40,41)29(42,43)44/h2-22H2,1H3. The Morgan fingerprint density at radius 1 is 0.273 bits per heavy atom. The van der Waals surface area contributed by atoms with E-state index in [0.29, 0.717) is 12.8 Å². The normalized spacial score (nSPS) is 14.5. The van der Waals surface area contributed by atoms with Crippen molar-refractivity contribution in [1.29, 1.82) is 0 Å². The van der Waals surface area contributed by atoms with Crippen molar-refractivity contribution in [2.24, 2.45) is 0 Å². The lowest BCUT2D eigenvalue weighted by Gasteiger charge is -2.41. The first-order chi connectivity index (χ1) is 20.1. The van der Waals surface area contributed by atoms with Crippen LogP contribution in [0.2, 0.25) is 0 Å². The predicted octanol–water partition coefficient (Wildman–Crippen LogP) is 13.6. The largest absolute Gasteiger partial charge is 0.460 e. The SMILES string of the molecule is CCCCCCCCCCCCCCCCCCCCCCC(F)(F)C(F)(F)C(F)(F)C(F)(F)C(F)(F)C(F)(F)C(F)(F)F. The van der Waals surface area contributed by atoms with Crippen molar-refractivity contribution in [3.63, 3.8) is 0 Å². The Hall–Kier alpha value is -1.05. The lowest BCUT2D eigenvalue weighted by Crippen LogP contribution is -2.72. The fourth-order valence-electron chi connectivity index (χ4n) is 4.76. The minimum absolute atomic E-state index is 0.169. The van der Waals surface area contributed by atoms with Crippen LogP contribution in [-0.4, -0.2) is 41.7 Å². The summed E-state index contributed by atoms with van der Waals surface area (Å²) in [6, 6.07) is 0. The summed E-state index contributed by atoms with van der Waals surface area (Å²) in [7, 11) is 0. The van der Waals surface area contributed by atoms with E-state index in [1.807, 2.05) is 0 Å². The first-order valence-electron chi connectivity index (χ1n) is 15.4. The average Bonchev–Trinajstić information content (AvgIpc) is 2.90. The molecule has 0 heterocycles. The quantitative estimate of drug-likeness (QED) is 0.0631. The molecule has 0 saturated carbocycles. The monoisotopic (exact) mass is 678 g/mol. The van der Waals surface area contributed by atoms with Crippen LogP contribution < -0.4 is 0 Å². The van der Waals surface area contributed by atoms with Crippen LogP contribution in [0.3, 0.4) is 0 Å². The maximum atomic E-state index is 13.9. The molecule has 0 fully saturated rings. The Bertz CT molecular complexity index is 760. The van der Waals surface area contributed by atoms with Gasteiger partial charge in [-0.05, 0) is 6.42 Å². The lowest BCUT2D eigenvalue weighted by molar-refractivity contribution is -0.452. The van der Waals surface area contributed by atoms with E-state index in [9.17, 15) is 65.9 Å². The maximum Gasteiger partial charge on any atom is 0.460 e. The van der Waals surface area contributed by atoms with Gasteiger partial charge in [0.2, 0.25) is 0 Å². The van der Waals surface area contributed by atoms with Gasteiger partial charge in [0, 0.05) is 6.42 Å². The Labute approximate surface area is 249 Å². The third-order valence-corrected chi connectivity index (χ3v) is 7.74. The van der Waals surface area contributed by atoms with E-state index in [-0.39, 0.29) is 12.8 Å². The number of hydrogen-bond acceptors (Lipinski definition) is 0. The highest BCUT2D eigenvalue weighted by atomic mass is 19.4. The molecule has 44 heavy (non-hydrogen) atoms. The highest BCUT2D eigenvalue weighted by Crippen LogP contribution is 2.62. The van der Waals surface area contributed by atoms with Gasteiger partial charge in [-0.25, -0.2) is 0 Å². The van der Waals surface area contributed by atoms with Gasteiger partial charge in [-0.15, -0.1) is 0 Å². The molecule has 0 aliphatic rings. The summed E-state index contributed by atoms with van der Waals surface area (Å²) in [5.74, 6) is -45.8. The molecule has 0 aromatic carbocycles. The van der Waals surface area contributed by atoms with Crippen LogP contribution in [0, 0.1) is 0 Å². The van der Waals surface area contributed by atoms with Crippen LogP contribution in [0.25, 0.3) is 0 Å². The zero-order chi connectivity index (χ0) is 34.3. The van der Waals surface area contributed by atoms with Gasteiger partial charge in [0.1, 0.15) is 0 Å². The van der Waals surface area contributed by atoms with E-state index in [0.717, 1.165) is 38.5 Å². The minimum atomic E-state index is -8.21. The Kier molecular flexibility index (Phi) is 17.9. The Morgan fingerprint density at radius 2 is 0.500 bits per heavy atom. The molecular formula is C29H45F15. The first kappa shape index (κ1) is 43.0. The van der Waals surface area contributed by atoms with E-state index >= 15 is 0 Å². The average molecular weight is 679 g/mol. The van der Waals surface area contributed by atoms with Gasteiger partial charge in [0.05, 0.1) is 0 Å². The van der Waals surface area contributed by atoms with Crippen molar-refractivity contribution >= 4 is 0 Å². The minimum Gasteiger partial charge on any atom is -0.200 e. The number of hydrogen-bond donors (Lipinski definition) is 0. The fourth-order valence-corrected chi connectivity index (χ4v) is 4.76. The first-order valence-corrected chi connectivity index (χ1v) is 15.4. The smallest absolute Gasteiger partial charge is 0.200 e. The molecular weight excluding hydrogens is 633 g/mol. The summed E-state index contributed by atoms with van der Waals surface area (Å²) in [6.45, 7) is 2.18. The predicted molar refractivity (Wildman–Crippen MR) is 138 cm³/mol. The van der Waals surface area contributed by atoms with Crippen molar-refractivity contribution in [3.05, 3.63) is 0 Å². The molecule has 0 bridgehead atoms. The molecule has 0 aromatic heterocycles. The van der Waals surface area contributed by atoms with Crippen LogP contribution in [0.1, 0.15) is 142 Å². The summed E-state index contributed by atoms with van der Waals surface area (Å²) in [5, 5.41) is 0. The van der Waals surface area contributed by atoms with Crippen LogP contribution >= 0.6 is 0 Å². The Morgan fingerprint density at radius 3 is 0.773 bits per heavy atom. The number of rotatable bonds is 26. The van der Waals surface area contributed by atoms with Gasteiger partial charge in [0.15, 0.2) is 0 Å². The second kappa shape index (κ2) is 18.3. The number of alkyl halides is 15. The van der Waals surface area contributed by atoms with E-state index < -0.39 is 54.6 Å². The molecule has 15 heteroatoms. The van der Waals surface area contributed by atoms with Crippen LogP contribution in [0.15, 0.2) is 0 Å². The number of unbranched alkanes of at least 4 members (excludes halogenated alkanes) is 19. The molecule has 0 rings (SSSR count). The maximum absolute atomic E-state index is 13.9. The molecule has 0 unspecified atom stereocenters. The fraction of sp³-hybridized carbons (Fsp3) is 1.00. The zero-order valence-corrected chi connectivity index (χ0v) is 25.0. The van der Waals surface area contributed by atoms with E-state index in [1.165, 1.54) is 57.8 Å². The Balaban J connectivity index is 4.36. The van der Waals surface area contributed by atoms with Gasteiger partial charge in [-0.2, -0.15) is 65.9 Å². The highest BCUT2D eigenvalue weighted by Gasteiger charge is 2.93. The van der Waals surface area contributed by atoms with Crippen molar-refractivity contribution in [2.75, 3.05) is 0 Å². The lowest BCUT2D eigenvalue weighted by atomic mass is 9.89. The van der Waals surface area contributed by atoms with Crippen LogP contribution in [-0.2, 0) is 0 Å². The van der Waals surface area contributed by atoms with Gasteiger partial charge in [0.25, 0.3) is 0 Å². The van der Waals surface area contributed by atoms with Gasteiger partial charge in [-0.3, -0.25) is 0 Å². The summed E-state index contributed by atoms with van der Waals surface area (Å²) in [4.78, 5) is 0. The molecule has 0 radical (unpaired) electrons. The van der Waals surface area contributed by atoms with Crippen LogP contribution in [0.4, 0.5) is 65.9 Å².